The minimum Gasteiger partial charge on any atom is -0.322 e. The van der Waals surface area contributed by atoms with Crippen LogP contribution in [0.25, 0.3) is 0 Å². The van der Waals surface area contributed by atoms with Crippen molar-refractivity contribution in [2.75, 3.05) is 5.32 Å². The molecular formula is C13H10ClFN2O2. The van der Waals surface area contributed by atoms with Crippen molar-refractivity contribution in [3.8, 4) is 0 Å². The third-order valence-electron chi connectivity index (χ3n) is 2.55. The molecule has 4 nitrogen and oxygen atoms in total. The highest BCUT2D eigenvalue weighted by atomic mass is 35.5. The van der Waals surface area contributed by atoms with Gasteiger partial charge in [-0.2, -0.15) is 0 Å². The molecule has 98 valence electrons. The lowest BCUT2D eigenvalue weighted by Gasteiger charge is -2.06. The van der Waals surface area contributed by atoms with Crippen molar-refractivity contribution in [2.24, 2.45) is 7.05 Å². The molecule has 0 fully saturated rings. The van der Waals surface area contributed by atoms with Gasteiger partial charge in [0.2, 0.25) is 0 Å². The van der Waals surface area contributed by atoms with Crippen molar-refractivity contribution in [1.29, 1.82) is 0 Å². The topological polar surface area (TPSA) is 51.1 Å². The lowest BCUT2D eigenvalue weighted by molar-refractivity contribution is 0.102. The van der Waals surface area contributed by atoms with Crippen molar-refractivity contribution in [2.45, 2.75) is 0 Å². The van der Waals surface area contributed by atoms with Crippen LogP contribution in [0.15, 0.2) is 41.3 Å². The quantitative estimate of drug-likeness (QED) is 0.918. The van der Waals surface area contributed by atoms with Crippen LogP contribution in [-0.4, -0.2) is 10.5 Å². The molecule has 0 saturated heterocycles. The smallest absolute Gasteiger partial charge is 0.263 e. The molecule has 0 saturated carbocycles. The summed E-state index contributed by atoms with van der Waals surface area (Å²) in [5, 5.41) is 2.41. The number of carbonyl (C=O) groups excluding carboxylic acids is 1. The van der Waals surface area contributed by atoms with Crippen molar-refractivity contribution >= 4 is 23.2 Å². The number of nitrogens with one attached hydrogen (secondary N) is 1. The molecule has 2 aromatic rings. The summed E-state index contributed by atoms with van der Waals surface area (Å²) in [6.07, 6.45) is 1.54. The van der Waals surface area contributed by atoms with Crippen molar-refractivity contribution in [3.63, 3.8) is 0 Å². The van der Waals surface area contributed by atoms with Crippen LogP contribution < -0.4 is 10.9 Å². The van der Waals surface area contributed by atoms with Crippen LogP contribution in [0.2, 0.25) is 5.02 Å². The lowest BCUT2D eigenvalue weighted by Crippen LogP contribution is -2.27. The molecule has 0 aliphatic heterocycles. The molecule has 2 rings (SSSR count). The molecule has 0 spiro atoms. The fourth-order valence-electron chi connectivity index (χ4n) is 1.54. The van der Waals surface area contributed by atoms with Gasteiger partial charge in [-0.1, -0.05) is 11.6 Å². The van der Waals surface area contributed by atoms with Gasteiger partial charge in [-0.05, 0) is 30.3 Å². The highest BCUT2D eigenvalue weighted by Gasteiger charge is 2.12. The van der Waals surface area contributed by atoms with Gasteiger partial charge in [-0.15, -0.1) is 0 Å². The summed E-state index contributed by atoms with van der Waals surface area (Å²) in [5.41, 5.74) is -0.201. The Morgan fingerprint density at radius 2 is 2.11 bits per heavy atom. The van der Waals surface area contributed by atoms with Gasteiger partial charge >= 0.3 is 0 Å². The maximum absolute atomic E-state index is 13.2. The number of aromatic nitrogens is 1. The Kier molecular flexibility index (Phi) is 3.66. The van der Waals surface area contributed by atoms with Crippen LogP contribution in [0, 0.1) is 5.82 Å². The monoisotopic (exact) mass is 280 g/mol. The summed E-state index contributed by atoms with van der Waals surface area (Å²) in [6, 6.07) is 6.86. The number of carbonyl (C=O) groups is 1. The number of rotatable bonds is 2. The molecule has 0 radical (unpaired) electrons. The van der Waals surface area contributed by atoms with E-state index >= 15 is 0 Å². The number of benzene rings is 1. The average molecular weight is 281 g/mol. The Morgan fingerprint density at radius 3 is 2.79 bits per heavy atom. The summed E-state index contributed by atoms with van der Waals surface area (Å²) >= 11 is 5.54. The maximum Gasteiger partial charge on any atom is 0.263 e. The number of anilines is 1. The third-order valence-corrected chi connectivity index (χ3v) is 2.85. The molecule has 1 heterocycles. The standard InChI is InChI=1S/C13H10ClFN2O2/c1-17-6-2-3-9(13(17)19)12(18)16-8-4-5-10(14)11(15)7-8/h2-7H,1H3,(H,16,18). The molecule has 0 unspecified atom stereocenters. The molecular weight excluding hydrogens is 271 g/mol. The molecule has 0 aliphatic rings. The van der Waals surface area contributed by atoms with Gasteiger partial charge in [0, 0.05) is 18.9 Å². The molecule has 19 heavy (non-hydrogen) atoms. The second kappa shape index (κ2) is 5.24. The van der Waals surface area contributed by atoms with Crippen molar-refractivity contribution < 1.29 is 9.18 Å². The van der Waals surface area contributed by atoms with Crippen LogP contribution in [-0.2, 0) is 7.05 Å². The molecule has 1 amide bonds. The van der Waals surface area contributed by atoms with Crippen LogP contribution >= 0.6 is 11.6 Å². The van der Waals surface area contributed by atoms with Gasteiger partial charge in [-0.25, -0.2) is 4.39 Å². The molecule has 6 heteroatoms. The number of halogens is 2. The van der Waals surface area contributed by atoms with Crippen LogP contribution in [0.4, 0.5) is 10.1 Å². The normalized spacial score (nSPS) is 10.3. The fourth-order valence-corrected chi connectivity index (χ4v) is 1.66. The number of pyridine rings is 1. The van der Waals surface area contributed by atoms with E-state index in [9.17, 15) is 14.0 Å². The Hall–Kier alpha value is -2.14. The van der Waals surface area contributed by atoms with Gasteiger partial charge in [0.15, 0.2) is 0 Å². The number of nitrogens with zero attached hydrogens (tertiary/aromatic N) is 1. The molecule has 1 aromatic carbocycles. The Balaban J connectivity index is 2.28. The average Bonchev–Trinajstić information content (AvgIpc) is 2.37. The number of aryl methyl sites for hydroxylation is 1. The van der Waals surface area contributed by atoms with E-state index in [0.29, 0.717) is 0 Å². The highest BCUT2D eigenvalue weighted by molar-refractivity contribution is 6.30. The minimum absolute atomic E-state index is 0.0136. The van der Waals surface area contributed by atoms with Crippen molar-refractivity contribution in [1.82, 2.24) is 4.57 Å². The van der Waals surface area contributed by atoms with Crippen molar-refractivity contribution in [3.05, 3.63) is 63.3 Å². The molecule has 0 atom stereocenters. The molecule has 0 bridgehead atoms. The van der Waals surface area contributed by atoms with Gasteiger partial charge in [-0.3, -0.25) is 9.59 Å². The second-order valence-electron chi connectivity index (χ2n) is 3.92. The number of hydrogen-bond acceptors (Lipinski definition) is 2. The van der Waals surface area contributed by atoms with E-state index in [0.717, 1.165) is 6.07 Å². The van der Waals surface area contributed by atoms with Gasteiger partial charge in [0.1, 0.15) is 11.4 Å². The van der Waals surface area contributed by atoms with E-state index in [1.165, 1.54) is 22.8 Å². The van der Waals surface area contributed by atoms with E-state index in [-0.39, 0.29) is 16.3 Å². The zero-order valence-electron chi connectivity index (χ0n) is 9.98. The zero-order chi connectivity index (χ0) is 14.0. The Morgan fingerprint density at radius 1 is 1.37 bits per heavy atom. The largest absolute Gasteiger partial charge is 0.322 e. The number of hydrogen-bond donors (Lipinski definition) is 1. The van der Waals surface area contributed by atoms with Crippen LogP contribution in [0.5, 0.6) is 0 Å². The van der Waals surface area contributed by atoms with Gasteiger partial charge in [0.05, 0.1) is 5.02 Å². The second-order valence-corrected chi connectivity index (χ2v) is 4.33. The first kappa shape index (κ1) is 13.3. The summed E-state index contributed by atoms with van der Waals surface area (Å²) in [4.78, 5) is 23.6. The zero-order valence-corrected chi connectivity index (χ0v) is 10.7. The molecule has 1 aromatic heterocycles. The molecule has 0 aliphatic carbocycles. The van der Waals surface area contributed by atoms with Gasteiger partial charge < -0.3 is 9.88 Å². The third kappa shape index (κ3) is 2.82. The van der Waals surface area contributed by atoms with E-state index in [1.54, 1.807) is 19.3 Å². The van der Waals surface area contributed by atoms with Gasteiger partial charge in [0.25, 0.3) is 11.5 Å². The first-order chi connectivity index (χ1) is 8.99. The number of amides is 1. The Labute approximate surface area is 113 Å². The Bertz CT molecular complexity index is 697. The SMILES string of the molecule is Cn1cccc(C(=O)Nc2ccc(Cl)c(F)c2)c1=O. The highest BCUT2D eigenvalue weighted by Crippen LogP contribution is 2.18. The summed E-state index contributed by atoms with van der Waals surface area (Å²) in [7, 11) is 1.54. The van der Waals surface area contributed by atoms with E-state index in [2.05, 4.69) is 5.32 Å². The van der Waals surface area contributed by atoms with E-state index in [1.807, 2.05) is 0 Å². The molecule has 1 N–H and O–H groups in total. The van der Waals surface area contributed by atoms with Crippen LogP contribution in [0.1, 0.15) is 10.4 Å². The fraction of sp³-hybridized carbons (Fsp3) is 0.0769. The lowest BCUT2D eigenvalue weighted by atomic mass is 10.2. The van der Waals surface area contributed by atoms with E-state index < -0.39 is 17.3 Å². The van der Waals surface area contributed by atoms with E-state index in [4.69, 9.17) is 11.6 Å². The summed E-state index contributed by atoms with van der Waals surface area (Å²) in [5.74, 6) is -1.23. The summed E-state index contributed by atoms with van der Waals surface area (Å²) < 4.78 is 14.5. The first-order valence-electron chi connectivity index (χ1n) is 5.41. The predicted octanol–water partition coefficient (Wildman–Crippen LogP) is 2.43. The first-order valence-corrected chi connectivity index (χ1v) is 5.79. The minimum atomic E-state index is -0.638. The maximum atomic E-state index is 13.2. The predicted molar refractivity (Wildman–Crippen MR) is 71.0 cm³/mol. The summed E-state index contributed by atoms with van der Waals surface area (Å²) in [6.45, 7) is 0. The van der Waals surface area contributed by atoms with Crippen LogP contribution in [0.3, 0.4) is 0 Å².